The second-order valence-electron chi connectivity index (χ2n) is 3.98. The quantitative estimate of drug-likeness (QED) is 0.685. The Balaban J connectivity index is 2.88. The van der Waals surface area contributed by atoms with Crippen molar-refractivity contribution in [2.45, 2.75) is 32.7 Å². The van der Waals surface area contributed by atoms with Gasteiger partial charge in [-0.3, -0.25) is 0 Å². The minimum atomic E-state index is -0.434. The van der Waals surface area contributed by atoms with E-state index in [9.17, 15) is 4.39 Å². The van der Waals surface area contributed by atoms with Crippen LogP contribution in [0.2, 0.25) is 0 Å². The van der Waals surface area contributed by atoms with E-state index >= 15 is 0 Å². The molecule has 0 aliphatic heterocycles. The minimum absolute atomic E-state index is 0.374. The van der Waals surface area contributed by atoms with Crippen molar-refractivity contribution in [1.82, 2.24) is 4.98 Å². The largest absolute Gasteiger partial charge is 0.383 e. The van der Waals surface area contributed by atoms with Crippen LogP contribution in [0.25, 0.3) is 0 Å². The Morgan fingerprint density at radius 2 is 2.06 bits per heavy atom. The van der Waals surface area contributed by atoms with Crippen LogP contribution in [-0.2, 0) is 4.74 Å². The van der Waals surface area contributed by atoms with Gasteiger partial charge in [0.1, 0.15) is 5.82 Å². The van der Waals surface area contributed by atoms with E-state index in [1.807, 2.05) is 6.07 Å². The van der Waals surface area contributed by atoms with Crippen LogP contribution >= 0.6 is 0 Å². The third-order valence-electron chi connectivity index (χ3n) is 2.91. The van der Waals surface area contributed by atoms with E-state index < -0.39 is 5.95 Å². The van der Waals surface area contributed by atoms with Crippen LogP contribution in [0.5, 0.6) is 0 Å². The molecule has 17 heavy (non-hydrogen) atoms. The van der Waals surface area contributed by atoms with Gasteiger partial charge in [-0.1, -0.05) is 19.9 Å². The van der Waals surface area contributed by atoms with Crippen LogP contribution in [-0.4, -0.2) is 31.3 Å². The zero-order chi connectivity index (χ0) is 12.7. The summed E-state index contributed by atoms with van der Waals surface area (Å²) in [6, 6.07) is 5.28. The summed E-state index contributed by atoms with van der Waals surface area (Å²) in [5, 5.41) is 0. The van der Waals surface area contributed by atoms with Crippen LogP contribution in [0.15, 0.2) is 18.2 Å². The molecule has 1 aromatic heterocycles. The molecule has 0 aromatic carbocycles. The molecule has 0 fully saturated rings. The topological polar surface area (TPSA) is 25.4 Å². The van der Waals surface area contributed by atoms with Crippen molar-refractivity contribution in [3.8, 4) is 0 Å². The van der Waals surface area contributed by atoms with Crippen molar-refractivity contribution in [3.63, 3.8) is 0 Å². The molecule has 4 heteroatoms. The Morgan fingerprint density at radius 3 is 2.59 bits per heavy atom. The number of hydrogen-bond donors (Lipinski definition) is 0. The van der Waals surface area contributed by atoms with Gasteiger partial charge in [0.2, 0.25) is 5.95 Å². The number of hydrogen-bond acceptors (Lipinski definition) is 3. The average molecular weight is 240 g/mol. The Labute approximate surface area is 103 Å². The monoisotopic (exact) mass is 240 g/mol. The summed E-state index contributed by atoms with van der Waals surface area (Å²) in [5.74, 6) is 0.256. The number of methoxy groups -OCH3 is 1. The lowest BCUT2D eigenvalue weighted by atomic mass is 10.1. The fourth-order valence-corrected chi connectivity index (χ4v) is 1.96. The SMILES string of the molecule is CCC(CC)N(CCOC)c1cccc(F)n1. The van der Waals surface area contributed by atoms with Crippen molar-refractivity contribution < 1.29 is 9.13 Å². The van der Waals surface area contributed by atoms with Gasteiger partial charge in [0.05, 0.1) is 6.61 Å². The number of rotatable bonds is 7. The number of ether oxygens (including phenoxy) is 1. The molecule has 1 rings (SSSR count). The molecule has 0 saturated heterocycles. The molecule has 1 aromatic rings. The molecule has 1 heterocycles. The molecule has 0 bridgehead atoms. The fraction of sp³-hybridized carbons (Fsp3) is 0.615. The summed E-state index contributed by atoms with van der Waals surface area (Å²) in [5.41, 5.74) is 0. The first-order valence-corrected chi connectivity index (χ1v) is 6.11. The normalized spacial score (nSPS) is 10.9. The second-order valence-corrected chi connectivity index (χ2v) is 3.98. The first-order valence-electron chi connectivity index (χ1n) is 6.11. The Bertz CT molecular complexity index is 329. The van der Waals surface area contributed by atoms with E-state index in [0.29, 0.717) is 18.5 Å². The predicted molar refractivity (Wildman–Crippen MR) is 67.8 cm³/mol. The van der Waals surface area contributed by atoms with E-state index in [0.717, 1.165) is 19.4 Å². The van der Waals surface area contributed by atoms with Crippen molar-refractivity contribution >= 4 is 5.82 Å². The molecule has 0 saturated carbocycles. The van der Waals surface area contributed by atoms with E-state index in [-0.39, 0.29) is 0 Å². The maximum Gasteiger partial charge on any atom is 0.214 e. The molecule has 96 valence electrons. The lowest BCUT2D eigenvalue weighted by molar-refractivity contribution is 0.202. The van der Waals surface area contributed by atoms with Gasteiger partial charge in [-0.25, -0.2) is 4.98 Å². The zero-order valence-electron chi connectivity index (χ0n) is 10.8. The first kappa shape index (κ1) is 13.9. The van der Waals surface area contributed by atoms with Crippen molar-refractivity contribution in [2.75, 3.05) is 25.2 Å². The van der Waals surface area contributed by atoms with E-state index in [1.165, 1.54) is 6.07 Å². The molecule has 0 spiro atoms. The maximum absolute atomic E-state index is 13.2. The number of pyridine rings is 1. The highest BCUT2D eigenvalue weighted by Gasteiger charge is 2.16. The predicted octanol–water partition coefficient (Wildman–Crippen LogP) is 2.86. The van der Waals surface area contributed by atoms with E-state index in [4.69, 9.17) is 4.74 Å². The van der Waals surface area contributed by atoms with Crippen molar-refractivity contribution in [1.29, 1.82) is 0 Å². The van der Waals surface area contributed by atoms with Crippen LogP contribution in [0.3, 0.4) is 0 Å². The van der Waals surface area contributed by atoms with Crippen molar-refractivity contribution in [2.24, 2.45) is 0 Å². The molecular formula is C13H21FN2O. The summed E-state index contributed by atoms with van der Waals surface area (Å²) in [7, 11) is 1.67. The van der Waals surface area contributed by atoms with Gasteiger partial charge in [0.25, 0.3) is 0 Å². The van der Waals surface area contributed by atoms with E-state index in [2.05, 4.69) is 23.7 Å². The minimum Gasteiger partial charge on any atom is -0.383 e. The Kier molecular flexibility index (Phi) is 5.91. The molecule has 0 aliphatic carbocycles. The third kappa shape index (κ3) is 3.97. The first-order chi connectivity index (χ1) is 8.22. The highest BCUT2D eigenvalue weighted by molar-refractivity contribution is 5.39. The fourth-order valence-electron chi connectivity index (χ4n) is 1.96. The molecule has 0 aliphatic rings. The van der Waals surface area contributed by atoms with Crippen LogP contribution in [0.1, 0.15) is 26.7 Å². The molecule has 3 nitrogen and oxygen atoms in total. The lowest BCUT2D eigenvalue weighted by Crippen LogP contribution is -2.37. The highest BCUT2D eigenvalue weighted by atomic mass is 19.1. The zero-order valence-corrected chi connectivity index (χ0v) is 10.8. The standard InChI is InChI=1S/C13H21FN2O/c1-4-11(5-2)16(9-10-17-3)13-8-6-7-12(14)15-13/h6-8,11H,4-5,9-10H2,1-3H3. The summed E-state index contributed by atoms with van der Waals surface area (Å²) in [6.07, 6.45) is 2.02. The summed E-state index contributed by atoms with van der Waals surface area (Å²) < 4.78 is 18.3. The van der Waals surface area contributed by atoms with Gasteiger partial charge < -0.3 is 9.64 Å². The second kappa shape index (κ2) is 7.22. The van der Waals surface area contributed by atoms with Crippen LogP contribution < -0.4 is 4.90 Å². The van der Waals surface area contributed by atoms with Crippen LogP contribution in [0, 0.1) is 5.95 Å². The lowest BCUT2D eigenvalue weighted by Gasteiger charge is -2.31. The van der Waals surface area contributed by atoms with Gasteiger partial charge in [-0.05, 0) is 25.0 Å². The van der Waals surface area contributed by atoms with Gasteiger partial charge in [-0.15, -0.1) is 0 Å². The molecule has 0 unspecified atom stereocenters. The Morgan fingerprint density at radius 1 is 1.35 bits per heavy atom. The summed E-state index contributed by atoms with van der Waals surface area (Å²) >= 11 is 0. The molecular weight excluding hydrogens is 219 g/mol. The smallest absolute Gasteiger partial charge is 0.214 e. The average Bonchev–Trinajstić information content (AvgIpc) is 2.34. The van der Waals surface area contributed by atoms with Gasteiger partial charge in [-0.2, -0.15) is 4.39 Å². The van der Waals surface area contributed by atoms with Gasteiger partial charge in [0.15, 0.2) is 0 Å². The van der Waals surface area contributed by atoms with Crippen LogP contribution in [0.4, 0.5) is 10.2 Å². The number of anilines is 1. The van der Waals surface area contributed by atoms with E-state index in [1.54, 1.807) is 13.2 Å². The summed E-state index contributed by atoms with van der Waals surface area (Å²) in [4.78, 5) is 6.06. The molecule has 0 radical (unpaired) electrons. The third-order valence-corrected chi connectivity index (χ3v) is 2.91. The Hall–Kier alpha value is -1.16. The molecule has 0 atom stereocenters. The van der Waals surface area contributed by atoms with Gasteiger partial charge >= 0.3 is 0 Å². The number of nitrogens with zero attached hydrogens (tertiary/aromatic N) is 2. The number of halogens is 1. The van der Waals surface area contributed by atoms with Crippen molar-refractivity contribution in [3.05, 3.63) is 24.1 Å². The maximum atomic E-state index is 13.2. The van der Waals surface area contributed by atoms with Gasteiger partial charge in [0, 0.05) is 19.7 Å². The molecule has 0 N–H and O–H groups in total. The number of aromatic nitrogens is 1. The highest BCUT2D eigenvalue weighted by Crippen LogP contribution is 2.18. The molecule has 0 amide bonds. The summed E-state index contributed by atoms with van der Waals surface area (Å²) in [6.45, 7) is 5.62.